The van der Waals surface area contributed by atoms with Crippen molar-refractivity contribution in [3.8, 4) is 0 Å². The zero-order valence-corrected chi connectivity index (χ0v) is 8.16. The maximum atomic E-state index is 11.1. The monoisotopic (exact) mass is 200 g/mol. The van der Waals surface area contributed by atoms with Crippen molar-refractivity contribution in [3.05, 3.63) is 0 Å². The summed E-state index contributed by atoms with van der Waals surface area (Å²) in [6, 6.07) is 0.152. The highest BCUT2D eigenvalue weighted by Crippen LogP contribution is 2.18. The first-order valence-electron chi connectivity index (χ1n) is 4.65. The molecule has 1 saturated carbocycles. The Labute approximate surface area is 82.5 Å². The number of hydrogen-bond acceptors (Lipinski definition) is 3. The number of nitrogens with two attached hydrogens (primary N) is 1. The van der Waals surface area contributed by atoms with Crippen LogP contribution in [0.2, 0.25) is 0 Å². The highest BCUT2D eigenvalue weighted by atomic mass is 16.4. The molecule has 0 saturated heterocycles. The molecule has 0 aromatic rings. The maximum Gasteiger partial charge on any atom is 0.315 e. The van der Waals surface area contributed by atoms with Crippen LogP contribution in [0, 0.1) is 5.92 Å². The average Bonchev–Trinajstić information content (AvgIpc) is 2.96. The summed E-state index contributed by atoms with van der Waals surface area (Å²) < 4.78 is 0. The second kappa shape index (κ2) is 4.69. The van der Waals surface area contributed by atoms with Gasteiger partial charge in [-0.15, -0.1) is 0 Å². The molecule has 0 aromatic heterocycles. The van der Waals surface area contributed by atoms with Crippen LogP contribution in [0.3, 0.4) is 0 Å². The van der Waals surface area contributed by atoms with Crippen LogP contribution in [0.5, 0.6) is 0 Å². The van der Waals surface area contributed by atoms with Crippen LogP contribution >= 0.6 is 0 Å². The lowest BCUT2D eigenvalue weighted by atomic mass is 10.1. The van der Waals surface area contributed by atoms with Gasteiger partial charge in [0.05, 0.1) is 0 Å². The molecule has 0 aromatic carbocycles. The van der Waals surface area contributed by atoms with Crippen molar-refractivity contribution < 1.29 is 10.0 Å². The first-order valence-corrected chi connectivity index (χ1v) is 4.65. The zero-order valence-electron chi connectivity index (χ0n) is 8.16. The van der Waals surface area contributed by atoms with Gasteiger partial charge < -0.3 is 21.6 Å². The van der Waals surface area contributed by atoms with Crippen LogP contribution in [0.25, 0.3) is 0 Å². The third-order valence-electron chi connectivity index (χ3n) is 2.10. The van der Waals surface area contributed by atoms with Crippen LogP contribution < -0.4 is 16.4 Å². The SMILES string of the molecule is CC(CNC(=O)NC1CC1)C(N)=NO. The van der Waals surface area contributed by atoms with E-state index in [1.165, 1.54) is 0 Å². The van der Waals surface area contributed by atoms with E-state index in [0.29, 0.717) is 12.6 Å². The predicted octanol–water partition coefficient (Wildman–Crippen LogP) is -0.169. The van der Waals surface area contributed by atoms with Crippen LogP contribution in [-0.4, -0.2) is 29.7 Å². The zero-order chi connectivity index (χ0) is 10.6. The quantitative estimate of drug-likeness (QED) is 0.219. The van der Waals surface area contributed by atoms with E-state index in [0.717, 1.165) is 12.8 Å². The van der Waals surface area contributed by atoms with E-state index in [9.17, 15) is 4.79 Å². The summed E-state index contributed by atoms with van der Waals surface area (Å²) >= 11 is 0. The number of rotatable bonds is 4. The number of urea groups is 1. The molecule has 2 amide bonds. The lowest BCUT2D eigenvalue weighted by molar-refractivity contribution is 0.239. The van der Waals surface area contributed by atoms with Crippen molar-refractivity contribution in [2.45, 2.75) is 25.8 Å². The number of nitrogens with one attached hydrogen (secondary N) is 2. The molecular formula is C8H16N4O2. The van der Waals surface area contributed by atoms with E-state index in [1.807, 2.05) is 0 Å². The Bertz CT molecular complexity index is 237. The van der Waals surface area contributed by atoms with Gasteiger partial charge in [-0.1, -0.05) is 12.1 Å². The molecule has 6 heteroatoms. The third kappa shape index (κ3) is 3.51. The van der Waals surface area contributed by atoms with Gasteiger partial charge in [-0.2, -0.15) is 0 Å². The molecule has 1 atom stereocenters. The second-order valence-corrected chi connectivity index (χ2v) is 3.55. The van der Waals surface area contributed by atoms with E-state index < -0.39 is 0 Å². The molecule has 1 aliphatic rings. The smallest absolute Gasteiger partial charge is 0.315 e. The average molecular weight is 200 g/mol. The van der Waals surface area contributed by atoms with Crippen molar-refractivity contribution in [2.24, 2.45) is 16.8 Å². The second-order valence-electron chi connectivity index (χ2n) is 3.55. The fourth-order valence-electron chi connectivity index (χ4n) is 0.913. The molecular weight excluding hydrogens is 184 g/mol. The largest absolute Gasteiger partial charge is 0.409 e. The normalized spacial score (nSPS) is 18.8. The van der Waals surface area contributed by atoms with Crippen molar-refractivity contribution in [3.63, 3.8) is 0 Å². The van der Waals surface area contributed by atoms with Gasteiger partial charge in [0.1, 0.15) is 5.84 Å². The Morgan fingerprint density at radius 1 is 1.71 bits per heavy atom. The molecule has 0 radical (unpaired) electrons. The number of carbonyl (C=O) groups excluding carboxylic acids is 1. The minimum atomic E-state index is -0.190. The van der Waals surface area contributed by atoms with Gasteiger partial charge >= 0.3 is 6.03 Å². The van der Waals surface area contributed by atoms with Gasteiger partial charge in [0.25, 0.3) is 0 Å². The molecule has 1 unspecified atom stereocenters. The van der Waals surface area contributed by atoms with Crippen LogP contribution in [-0.2, 0) is 0 Å². The number of carbonyl (C=O) groups is 1. The Hall–Kier alpha value is -1.46. The first kappa shape index (κ1) is 10.6. The van der Waals surface area contributed by atoms with E-state index >= 15 is 0 Å². The molecule has 1 fully saturated rings. The van der Waals surface area contributed by atoms with Crippen LogP contribution in [0.1, 0.15) is 19.8 Å². The van der Waals surface area contributed by atoms with Gasteiger partial charge in [0, 0.05) is 18.5 Å². The molecule has 80 valence electrons. The predicted molar refractivity (Wildman–Crippen MR) is 52.1 cm³/mol. The molecule has 0 spiro atoms. The lowest BCUT2D eigenvalue weighted by Gasteiger charge is -2.11. The molecule has 6 nitrogen and oxygen atoms in total. The lowest BCUT2D eigenvalue weighted by Crippen LogP contribution is -2.41. The van der Waals surface area contributed by atoms with Gasteiger partial charge in [-0.25, -0.2) is 4.79 Å². The molecule has 1 aliphatic carbocycles. The summed E-state index contributed by atoms with van der Waals surface area (Å²) in [6.07, 6.45) is 2.12. The third-order valence-corrected chi connectivity index (χ3v) is 2.10. The summed E-state index contributed by atoms with van der Waals surface area (Å²) in [5.74, 6) is -0.0401. The summed E-state index contributed by atoms with van der Waals surface area (Å²) in [7, 11) is 0. The molecule has 5 N–H and O–H groups in total. The molecule has 0 bridgehead atoms. The van der Waals surface area contributed by atoms with Gasteiger partial charge in [0.2, 0.25) is 0 Å². The summed E-state index contributed by atoms with van der Waals surface area (Å²) in [5.41, 5.74) is 5.34. The standard InChI is InChI=1S/C8H16N4O2/c1-5(7(9)12-14)4-10-8(13)11-6-2-3-6/h5-6,14H,2-4H2,1H3,(H2,9,12)(H2,10,11,13). The molecule has 1 rings (SSSR count). The van der Waals surface area contributed by atoms with Gasteiger partial charge in [0.15, 0.2) is 0 Å². The maximum absolute atomic E-state index is 11.1. The van der Waals surface area contributed by atoms with E-state index in [2.05, 4.69) is 15.8 Å². The van der Waals surface area contributed by atoms with Crippen molar-refractivity contribution in [2.75, 3.05) is 6.54 Å². The van der Waals surface area contributed by atoms with Crippen LogP contribution in [0.15, 0.2) is 5.16 Å². The van der Waals surface area contributed by atoms with Crippen molar-refractivity contribution in [1.29, 1.82) is 0 Å². The fraction of sp³-hybridized carbons (Fsp3) is 0.750. The Morgan fingerprint density at radius 2 is 2.36 bits per heavy atom. The number of oxime groups is 1. The fourth-order valence-corrected chi connectivity index (χ4v) is 0.913. The minimum absolute atomic E-state index is 0.122. The molecule has 0 heterocycles. The summed E-state index contributed by atoms with van der Waals surface area (Å²) in [6.45, 7) is 2.14. The Morgan fingerprint density at radius 3 is 2.86 bits per heavy atom. The van der Waals surface area contributed by atoms with Crippen molar-refractivity contribution in [1.82, 2.24) is 10.6 Å². The van der Waals surface area contributed by atoms with E-state index in [4.69, 9.17) is 10.9 Å². The van der Waals surface area contributed by atoms with Gasteiger partial charge in [-0.05, 0) is 12.8 Å². The number of nitrogens with zero attached hydrogens (tertiary/aromatic N) is 1. The number of amides is 2. The topological polar surface area (TPSA) is 99.7 Å². The highest BCUT2D eigenvalue weighted by Gasteiger charge is 2.23. The highest BCUT2D eigenvalue weighted by molar-refractivity contribution is 5.83. The molecule has 0 aliphatic heterocycles. The number of hydrogen-bond donors (Lipinski definition) is 4. The first-order chi connectivity index (χ1) is 6.63. The summed E-state index contributed by atoms with van der Waals surface area (Å²) in [4.78, 5) is 11.1. The molecule has 14 heavy (non-hydrogen) atoms. The minimum Gasteiger partial charge on any atom is -0.409 e. The van der Waals surface area contributed by atoms with Gasteiger partial charge in [-0.3, -0.25) is 0 Å². The number of amidine groups is 1. The van der Waals surface area contributed by atoms with E-state index in [1.54, 1.807) is 6.92 Å². The Kier molecular flexibility index (Phi) is 3.55. The van der Waals surface area contributed by atoms with Crippen LogP contribution in [0.4, 0.5) is 4.79 Å². The van der Waals surface area contributed by atoms with E-state index in [-0.39, 0.29) is 17.8 Å². The Balaban J connectivity index is 2.14. The van der Waals surface area contributed by atoms with Crippen molar-refractivity contribution >= 4 is 11.9 Å². The summed E-state index contributed by atoms with van der Waals surface area (Å²) in [5, 5.41) is 16.6.